The Hall–Kier alpha value is -2.47. The van der Waals surface area contributed by atoms with Crippen molar-refractivity contribution in [3.05, 3.63) is 58.1 Å². The third-order valence-corrected chi connectivity index (χ3v) is 4.97. The largest absolute Gasteiger partial charge is 0.496 e. The molecule has 0 spiro atoms. The van der Waals surface area contributed by atoms with Crippen molar-refractivity contribution in [3.8, 4) is 17.6 Å². The van der Waals surface area contributed by atoms with E-state index in [9.17, 15) is 0 Å². The first-order valence-electron chi connectivity index (χ1n) is 8.70. The number of hydrogen-bond acceptors (Lipinski definition) is 3. The molecule has 0 heterocycles. The van der Waals surface area contributed by atoms with Gasteiger partial charge in [-0.2, -0.15) is 5.26 Å². The lowest BCUT2D eigenvalue weighted by Gasteiger charge is -2.26. The van der Waals surface area contributed by atoms with E-state index in [2.05, 4.69) is 51.1 Å². The highest BCUT2D eigenvalue weighted by Crippen LogP contribution is 2.45. The third kappa shape index (κ3) is 3.79. The van der Waals surface area contributed by atoms with E-state index in [4.69, 9.17) is 14.7 Å². The van der Waals surface area contributed by atoms with Crippen LogP contribution in [0, 0.1) is 32.1 Å². The van der Waals surface area contributed by atoms with E-state index in [1.807, 2.05) is 6.07 Å². The van der Waals surface area contributed by atoms with Crippen LogP contribution >= 0.6 is 0 Å². The minimum absolute atomic E-state index is 0.178. The van der Waals surface area contributed by atoms with Gasteiger partial charge in [0.15, 0.2) is 0 Å². The molecule has 3 nitrogen and oxygen atoms in total. The summed E-state index contributed by atoms with van der Waals surface area (Å²) in [6.45, 7) is 6.25. The first-order chi connectivity index (χ1) is 12.1. The number of nitrogens with zero attached hydrogens (tertiary/aromatic N) is 1. The molecular weight excluding hydrogens is 310 g/mol. The van der Waals surface area contributed by atoms with Crippen molar-refractivity contribution >= 4 is 0 Å². The lowest BCUT2D eigenvalue weighted by molar-refractivity contribution is 0.387. The Morgan fingerprint density at radius 3 is 2.08 bits per heavy atom. The zero-order valence-corrected chi connectivity index (χ0v) is 15.8. The number of benzene rings is 2. The van der Waals surface area contributed by atoms with Gasteiger partial charge in [0.2, 0.25) is 0 Å². The lowest BCUT2D eigenvalue weighted by atomic mass is 9.82. The van der Waals surface area contributed by atoms with Crippen LogP contribution in [0.2, 0.25) is 0 Å². The first-order valence-corrected chi connectivity index (χ1v) is 8.70. The van der Waals surface area contributed by atoms with Gasteiger partial charge < -0.3 is 9.47 Å². The van der Waals surface area contributed by atoms with Gasteiger partial charge in [0.25, 0.3) is 0 Å². The molecule has 0 aliphatic rings. The predicted octanol–water partition coefficient (Wildman–Crippen LogP) is 5.45. The van der Waals surface area contributed by atoms with Crippen LogP contribution in [0.1, 0.15) is 53.0 Å². The Balaban J connectivity index is 2.67. The van der Waals surface area contributed by atoms with Crippen LogP contribution < -0.4 is 9.47 Å². The summed E-state index contributed by atoms with van der Waals surface area (Å²) in [7, 11) is 3.45. The molecule has 0 fully saturated rings. The van der Waals surface area contributed by atoms with Crippen molar-refractivity contribution in [3.63, 3.8) is 0 Å². The topological polar surface area (TPSA) is 42.2 Å². The second-order valence-corrected chi connectivity index (χ2v) is 6.37. The van der Waals surface area contributed by atoms with E-state index in [0.29, 0.717) is 6.42 Å². The van der Waals surface area contributed by atoms with E-state index < -0.39 is 0 Å². The average molecular weight is 337 g/mol. The van der Waals surface area contributed by atoms with E-state index in [1.54, 1.807) is 14.2 Å². The first kappa shape index (κ1) is 18.9. The van der Waals surface area contributed by atoms with E-state index >= 15 is 0 Å². The number of unbranched alkanes of at least 4 members (excludes halogenated alkanes) is 1. The van der Waals surface area contributed by atoms with Crippen molar-refractivity contribution in [1.82, 2.24) is 0 Å². The van der Waals surface area contributed by atoms with Gasteiger partial charge in [-0.25, -0.2) is 0 Å². The number of methoxy groups -OCH3 is 2. The number of ether oxygens (including phenoxy) is 2. The second kappa shape index (κ2) is 8.58. The van der Waals surface area contributed by atoms with Crippen LogP contribution in [0.15, 0.2) is 30.3 Å². The molecule has 25 heavy (non-hydrogen) atoms. The van der Waals surface area contributed by atoms with Gasteiger partial charge >= 0.3 is 0 Å². The molecule has 0 aliphatic carbocycles. The van der Waals surface area contributed by atoms with E-state index in [0.717, 1.165) is 41.0 Å². The molecule has 0 aromatic heterocycles. The summed E-state index contributed by atoms with van der Waals surface area (Å²) < 4.78 is 11.5. The van der Waals surface area contributed by atoms with Gasteiger partial charge in [-0.05, 0) is 55.9 Å². The quantitative estimate of drug-likeness (QED) is 0.630. The van der Waals surface area contributed by atoms with Gasteiger partial charge in [0.1, 0.15) is 11.5 Å². The van der Waals surface area contributed by atoms with Crippen molar-refractivity contribution in [2.24, 2.45) is 0 Å². The van der Waals surface area contributed by atoms with E-state index in [1.165, 1.54) is 11.1 Å². The average Bonchev–Trinajstić information content (AvgIpc) is 2.63. The van der Waals surface area contributed by atoms with Gasteiger partial charge in [0, 0.05) is 17.9 Å². The Kier molecular flexibility index (Phi) is 6.47. The Morgan fingerprint density at radius 1 is 0.920 bits per heavy atom. The molecule has 3 heteroatoms. The van der Waals surface area contributed by atoms with Crippen LogP contribution in [0.5, 0.6) is 11.5 Å². The highest BCUT2D eigenvalue weighted by Gasteiger charge is 2.26. The Bertz CT molecular complexity index is 760. The molecule has 1 unspecified atom stereocenters. The molecule has 2 aromatic carbocycles. The zero-order chi connectivity index (χ0) is 18.4. The molecule has 0 saturated carbocycles. The Labute approximate surface area is 151 Å². The summed E-state index contributed by atoms with van der Waals surface area (Å²) in [5.74, 6) is 2.04. The van der Waals surface area contributed by atoms with Gasteiger partial charge in [-0.1, -0.05) is 30.3 Å². The fourth-order valence-electron chi connectivity index (χ4n) is 3.65. The van der Waals surface area contributed by atoms with Crippen LogP contribution in [0.25, 0.3) is 0 Å². The maximum atomic E-state index is 8.94. The normalized spacial score (nSPS) is 11.7. The molecule has 2 aromatic rings. The second-order valence-electron chi connectivity index (χ2n) is 6.37. The minimum Gasteiger partial charge on any atom is -0.496 e. The molecule has 0 N–H and O–H groups in total. The highest BCUT2D eigenvalue weighted by molar-refractivity contribution is 5.60. The lowest BCUT2D eigenvalue weighted by Crippen LogP contribution is -2.10. The van der Waals surface area contributed by atoms with Crippen molar-refractivity contribution < 1.29 is 9.47 Å². The number of rotatable bonds is 7. The predicted molar refractivity (Wildman–Crippen MR) is 102 cm³/mol. The molecular formula is C22H27NO2. The van der Waals surface area contributed by atoms with Crippen molar-refractivity contribution in [2.75, 3.05) is 14.2 Å². The van der Waals surface area contributed by atoms with Crippen LogP contribution in [0.3, 0.4) is 0 Å². The summed E-state index contributed by atoms with van der Waals surface area (Å²) in [5.41, 5.74) is 5.76. The van der Waals surface area contributed by atoms with Crippen LogP contribution in [0.4, 0.5) is 0 Å². The van der Waals surface area contributed by atoms with Gasteiger partial charge in [-0.3, -0.25) is 0 Å². The smallest absolute Gasteiger partial charge is 0.126 e. The van der Waals surface area contributed by atoms with Crippen LogP contribution in [-0.2, 0) is 0 Å². The molecule has 0 aliphatic heterocycles. The maximum Gasteiger partial charge on any atom is 0.126 e. The monoisotopic (exact) mass is 337 g/mol. The molecule has 132 valence electrons. The summed E-state index contributed by atoms with van der Waals surface area (Å²) in [5, 5.41) is 8.94. The third-order valence-electron chi connectivity index (χ3n) is 4.97. The summed E-state index contributed by atoms with van der Waals surface area (Å²) in [4.78, 5) is 0. The molecule has 0 saturated heterocycles. The Morgan fingerprint density at radius 2 is 1.52 bits per heavy atom. The standard InChI is InChI=1S/C22H27NO2/c1-15-16(2)22(25-5)20(17(3)21(15)24-4)19(13-9-10-14-23)18-11-7-6-8-12-18/h6-8,11-12,19H,9-10,13H2,1-5H3. The number of nitriles is 1. The van der Waals surface area contributed by atoms with Gasteiger partial charge in [0.05, 0.1) is 20.3 Å². The van der Waals surface area contributed by atoms with Gasteiger partial charge in [-0.15, -0.1) is 0 Å². The zero-order valence-electron chi connectivity index (χ0n) is 15.8. The van der Waals surface area contributed by atoms with Crippen molar-refractivity contribution in [2.45, 2.75) is 46.0 Å². The molecule has 0 amide bonds. The van der Waals surface area contributed by atoms with E-state index in [-0.39, 0.29) is 5.92 Å². The molecule has 0 bridgehead atoms. The molecule has 1 atom stereocenters. The molecule has 0 radical (unpaired) electrons. The SMILES string of the molecule is COc1c(C)c(C)c(OC)c(C(CCCC#N)c2ccccc2)c1C. The minimum atomic E-state index is 0.178. The summed E-state index contributed by atoms with van der Waals surface area (Å²) in [6, 6.07) is 12.7. The summed E-state index contributed by atoms with van der Waals surface area (Å²) >= 11 is 0. The number of hydrogen-bond donors (Lipinski definition) is 0. The summed E-state index contributed by atoms with van der Waals surface area (Å²) in [6.07, 6.45) is 2.32. The van der Waals surface area contributed by atoms with Crippen LogP contribution in [-0.4, -0.2) is 14.2 Å². The van der Waals surface area contributed by atoms with Crippen molar-refractivity contribution in [1.29, 1.82) is 5.26 Å². The fourth-order valence-corrected chi connectivity index (χ4v) is 3.65. The fraction of sp³-hybridized carbons (Fsp3) is 0.409. The maximum absolute atomic E-state index is 8.94. The highest BCUT2D eigenvalue weighted by atomic mass is 16.5. The molecule has 2 rings (SSSR count).